The molecule has 2 atom stereocenters. The number of ether oxygens (including phenoxy) is 1. The van der Waals surface area contributed by atoms with E-state index in [-0.39, 0.29) is 0 Å². The summed E-state index contributed by atoms with van der Waals surface area (Å²) in [4.78, 5) is 1.19. The maximum atomic E-state index is 9.91. The van der Waals surface area contributed by atoms with Gasteiger partial charge in [-0.2, -0.15) is 0 Å². The Balaban J connectivity index is 1.58. The second-order valence-corrected chi connectivity index (χ2v) is 6.28. The highest BCUT2D eigenvalue weighted by molar-refractivity contribution is 7.09. The molecule has 0 fully saturated rings. The Bertz CT molecular complexity index is 487. The van der Waals surface area contributed by atoms with Crippen molar-refractivity contribution in [2.24, 2.45) is 0 Å². The fourth-order valence-electron chi connectivity index (χ4n) is 2.13. The molecule has 2 N–H and O–H groups in total. The maximum Gasteiger partial charge on any atom is 0.0897 e. The number of thiophene rings is 1. The summed E-state index contributed by atoms with van der Waals surface area (Å²) in [6.45, 7) is 3.63. The molecule has 2 unspecified atom stereocenters. The van der Waals surface area contributed by atoms with Crippen molar-refractivity contribution < 1.29 is 9.84 Å². The molecule has 3 nitrogen and oxygen atoms in total. The van der Waals surface area contributed by atoms with E-state index in [0.717, 1.165) is 6.42 Å². The van der Waals surface area contributed by atoms with Gasteiger partial charge in [-0.25, -0.2) is 0 Å². The van der Waals surface area contributed by atoms with Crippen molar-refractivity contribution in [1.29, 1.82) is 0 Å². The van der Waals surface area contributed by atoms with Crippen molar-refractivity contribution in [3.8, 4) is 0 Å². The van der Waals surface area contributed by atoms with E-state index < -0.39 is 6.10 Å². The smallest absolute Gasteiger partial charge is 0.0897 e. The van der Waals surface area contributed by atoms with Crippen molar-refractivity contribution in [2.45, 2.75) is 32.1 Å². The van der Waals surface area contributed by atoms with Crippen molar-refractivity contribution in [3.05, 3.63) is 58.3 Å². The SMILES string of the molecule is CC(Cc1ccccc1)NCC(O)COCc1cccs1. The van der Waals surface area contributed by atoms with Crippen LogP contribution in [0.4, 0.5) is 0 Å². The number of aliphatic hydroxyl groups is 1. The van der Waals surface area contributed by atoms with Crippen LogP contribution in [0.25, 0.3) is 0 Å². The molecule has 0 aliphatic carbocycles. The second kappa shape index (κ2) is 8.95. The fourth-order valence-corrected chi connectivity index (χ4v) is 2.77. The van der Waals surface area contributed by atoms with Gasteiger partial charge in [-0.15, -0.1) is 11.3 Å². The molecule has 4 heteroatoms. The maximum absolute atomic E-state index is 9.91. The fraction of sp³-hybridized carbons (Fsp3) is 0.412. The summed E-state index contributed by atoms with van der Waals surface area (Å²) in [5, 5.41) is 15.3. The molecule has 0 saturated carbocycles. The van der Waals surface area contributed by atoms with E-state index in [4.69, 9.17) is 4.74 Å². The van der Waals surface area contributed by atoms with E-state index in [1.807, 2.05) is 23.6 Å². The summed E-state index contributed by atoms with van der Waals surface area (Å²) >= 11 is 1.67. The van der Waals surface area contributed by atoms with Gasteiger partial charge in [0.05, 0.1) is 19.3 Å². The van der Waals surface area contributed by atoms with Gasteiger partial charge in [0.1, 0.15) is 0 Å². The zero-order chi connectivity index (χ0) is 14.9. The minimum atomic E-state index is -0.469. The Labute approximate surface area is 130 Å². The summed E-state index contributed by atoms with van der Waals surface area (Å²) in [6, 6.07) is 14.8. The van der Waals surface area contributed by atoms with Crippen LogP contribution < -0.4 is 5.32 Å². The minimum Gasteiger partial charge on any atom is -0.389 e. The number of rotatable bonds is 9. The van der Waals surface area contributed by atoms with Crippen LogP contribution in [0.1, 0.15) is 17.4 Å². The van der Waals surface area contributed by atoms with Gasteiger partial charge in [0.2, 0.25) is 0 Å². The van der Waals surface area contributed by atoms with E-state index >= 15 is 0 Å². The number of hydrogen-bond donors (Lipinski definition) is 2. The molecule has 0 aliphatic heterocycles. The summed E-state index contributed by atoms with van der Waals surface area (Å²) < 4.78 is 5.51. The zero-order valence-corrected chi connectivity index (χ0v) is 13.2. The summed E-state index contributed by atoms with van der Waals surface area (Å²) in [6.07, 6.45) is 0.493. The average molecular weight is 305 g/mol. The largest absolute Gasteiger partial charge is 0.389 e. The van der Waals surface area contributed by atoms with Crippen molar-refractivity contribution >= 4 is 11.3 Å². The van der Waals surface area contributed by atoms with E-state index in [1.54, 1.807) is 11.3 Å². The van der Waals surface area contributed by atoms with Gasteiger partial charge in [0, 0.05) is 17.5 Å². The third kappa shape index (κ3) is 6.40. The Hall–Kier alpha value is -1.20. The second-order valence-electron chi connectivity index (χ2n) is 5.25. The monoisotopic (exact) mass is 305 g/mol. The molecule has 114 valence electrons. The van der Waals surface area contributed by atoms with Gasteiger partial charge in [-0.05, 0) is 30.4 Å². The van der Waals surface area contributed by atoms with Crippen LogP contribution in [0, 0.1) is 0 Å². The highest BCUT2D eigenvalue weighted by atomic mass is 32.1. The van der Waals surface area contributed by atoms with Crippen LogP contribution in [0.3, 0.4) is 0 Å². The molecular formula is C17H23NO2S. The molecular weight excluding hydrogens is 282 g/mol. The van der Waals surface area contributed by atoms with E-state index in [0.29, 0.717) is 25.8 Å². The topological polar surface area (TPSA) is 41.5 Å². The lowest BCUT2D eigenvalue weighted by Crippen LogP contribution is -2.37. The highest BCUT2D eigenvalue weighted by Gasteiger charge is 2.08. The molecule has 0 saturated heterocycles. The first-order valence-electron chi connectivity index (χ1n) is 7.29. The molecule has 2 aromatic rings. The van der Waals surface area contributed by atoms with Crippen LogP contribution in [0.2, 0.25) is 0 Å². The highest BCUT2D eigenvalue weighted by Crippen LogP contribution is 2.09. The number of nitrogens with one attached hydrogen (secondary N) is 1. The molecule has 0 spiro atoms. The van der Waals surface area contributed by atoms with Gasteiger partial charge in [0.25, 0.3) is 0 Å². The van der Waals surface area contributed by atoms with Crippen molar-refractivity contribution in [3.63, 3.8) is 0 Å². The molecule has 1 aromatic carbocycles. The number of benzene rings is 1. The molecule has 0 radical (unpaired) electrons. The molecule has 21 heavy (non-hydrogen) atoms. The van der Waals surface area contributed by atoms with Gasteiger partial charge >= 0.3 is 0 Å². The third-order valence-electron chi connectivity index (χ3n) is 3.22. The first-order chi connectivity index (χ1) is 10.2. The van der Waals surface area contributed by atoms with Crippen molar-refractivity contribution in [2.75, 3.05) is 13.2 Å². The van der Waals surface area contributed by atoms with Crippen LogP contribution in [0.15, 0.2) is 47.8 Å². The van der Waals surface area contributed by atoms with Crippen LogP contribution in [-0.2, 0) is 17.8 Å². The van der Waals surface area contributed by atoms with E-state index in [1.165, 1.54) is 10.4 Å². The normalized spacial score (nSPS) is 14.0. The zero-order valence-electron chi connectivity index (χ0n) is 12.4. The first kappa shape index (κ1) is 16.2. The van der Waals surface area contributed by atoms with Crippen LogP contribution in [0.5, 0.6) is 0 Å². The lowest BCUT2D eigenvalue weighted by Gasteiger charge is -2.17. The quantitative estimate of drug-likeness (QED) is 0.748. The molecule has 0 amide bonds. The minimum absolute atomic E-state index is 0.333. The molecule has 0 aliphatic rings. The summed E-state index contributed by atoms with van der Waals surface area (Å²) in [7, 11) is 0. The van der Waals surface area contributed by atoms with Gasteiger partial charge in [0.15, 0.2) is 0 Å². The summed E-state index contributed by atoms with van der Waals surface area (Å²) in [5.74, 6) is 0. The molecule has 1 aromatic heterocycles. The van der Waals surface area contributed by atoms with Crippen LogP contribution in [-0.4, -0.2) is 30.4 Å². The number of hydrogen-bond acceptors (Lipinski definition) is 4. The Morgan fingerprint density at radius 2 is 2.00 bits per heavy atom. The van der Waals surface area contributed by atoms with Crippen molar-refractivity contribution in [1.82, 2.24) is 5.32 Å². The molecule has 2 rings (SSSR count). The average Bonchev–Trinajstić information content (AvgIpc) is 2.99. The van der Waals surface area contributed by atoms with Gasteiger partial charge in [-0.3, -0.25) is 0 Å². The first-order valence-corrected chi connectivity index (χ1v) is 8.17. The Morgan fingerprint density at radius 3 is 2.71 bits per heavy atom. The lowest BCUT2D eigenvalue weighted by atomic mass is 10.1. The Kier molecular flexibility index (Phi) is 6.89. The molecule has 1 heterocycles. The van der Waals surface area contributed by atoms with E-state index in [9.17, 15) is 5.11 Å². The molecule has 0 bridgehead atoms. The summed E-state index contributed by atoms with van der Waals surface area (Å²) in [5.41, 5.74) is 1.31. The Morgan fingerprint density at radius 1 is 1.19 bits per heavy atom. The third-order valence-corrected chi connectivity index (χ3v) is 4.07. The van der Waals surface area contributed by atoms with Crippen LogP contribution >= 0.6 is 11.3 Å². The number of aliphatic hydroxyl groups excluding tert-OH is 1. The standard InChI is InChI=1S/C17H23NO2S/c1-14(10-15-6-3-2-4-7-15)18-11-16(19)12-20-13-17-8-5-9-21-17/h2-9,14,16,18-19H,10-13H2,1H3. The van der Waals surface area contributed by atoms with Gasteiger partial charge < -0.3 is 15.2 Å². The lowest BCUT2D eigenvalue weighted by molar-refractivity contribution is 0.0288. The predicted molar refractivity (Wildman–Crippen MR) is 87.6 cm³/mol. The van der Waals surface area contributed by atoms with Gasteiger partial charge in [-0.1, -0.05) is 36.4 Å². The van der Waals surface area contributed by atoms with E-state index in [2.05, 4.69) is 36.5 Å². The predicted octanol–water partition coefficient (Wildman–Crippen LogP) is 2.85.